The van der Waals surface area contributed by atoms with E-state index in [4.69, 9.17) is 4.52 Å². The number of carbonyl (C=O) groups excluding carboxylic acids is 1. The average Bonchev–Trinajstić information content (AvgIpc) is 3.22. The molecule has 0 spiro atoms. The lowest BCUT2D eigenvalue weighted by Crippen LogP contribution is -2.11. The van der Waals surface area contributed by atoms with Gasteiger partial charge in [0, 0.05) is 29.9 Å². The van der Waals surface area contributed by atoms with E-state index in [0.29, 0.717) is 21.1 Å². The molecule has 1 amide bonds. The van der Waals surface area contributed by atoms with Gasteiger partial charge in [0.2, 0.25) is 5.13 Å². The third kappa shape index (κ3) is 4.31. The van der Waals surface area contributed by atoms with Gasteiger partial charge in [-0.2, -0.15) is 0 Å². The minimum absolute atomic E-state index is 0.0523. The molecule has 4 rings (SSSR count). The Bertz CT molecular complexity index is 998. The second kappa shape index (κ2) is 7.45. The van der Waals surface area contributed by atoms with Gasteiger partial charge in [0.05, 0.1) is 4.92 Å². The van der Waals surface area contributed by atoms with Crippen LogP contribution in [0.15, 0.2) is 39.2 Å². The molecule has 9 nitrogen and oxygen atoms in total. The van der Waals surface area contributed by atoms with E-state index in [0.717, 1.165) is 24.2 Å². The van der Waals surface area contributed by atoms with Crippen molar-refractivity contribution in [3.05, 3.63) is 57.5 Å². The molecular formula is C16H13N5O4S2. The standard InChI is InChI=1S/C16H13N5O4S2/c22-14(12-7-13(25-20-12)10-4-5-10)17-15-18-19-16(27-15)26-8-9-2-1-3-11(6-9)21(23)24/h1-3,6-7,10H,4-5,8H2,(H,17,18,22). The first kappa shape index (κ1) is 17.6. The molecule has 138 valence electrons. The molecule has 27 heavy (non-hydrogen) atoms. The van der Waals surface area contributed by atoms with Crippen molar-refractivity contribution in [2.75, 3.05) is 5.32 Å². The molecule has 0 bridgehead atoms. The summed E-state index contributed by atoms with van der Waals surface area (Å²) in [5, 5.41) is 25.6. The summed E-state index contributed by atoms with van der Waals surface area (Å²) in [5.74, 6) is 1.25. The van der Waals surface area contributed by atoms with Crippen LogP contribution < -0.4 is 5.32 Å². The number of nitro groups is 1. The number of amides is 1. The van der Waals surface area contributed by atoms with Crippen molar-refractivity contribution in [1.82, 2.24) is 15.4 Å². The maximum Gasteiger partial charge on any atom is 0.279 e. The number of thioether (sulfide) groups is 1. The second-order valence-corrected chi connectivity index (χ2v) is 8.13. The highest BCUT2D eigenvalue weighted by atomic mass is 32.2. The van der Waals surface area contributed by atoms with Crippen LogP contribution in [0.25, 0.3) is 0 Å². The van der Waals surface area contributed by atoms with E-state index >= 15 is 0 Å². The zero-order valence-electron chi connectivity index (χ0n) is 13.8. The van der Waals surface area contributed by atoms with Crippen LogP contribution in [-0.4, -0.2) is 26.2 Å². The zero-order chi connectivity index (χ0) is 18.8. The molecule has 1 fully saturated rings. The number of rotatable bonds is 7. The SMILES string of the molecule is O=C(Nc1nnc(SCc2cccc([N+](=O)[O-])c2)s1)c1cc(C2CC2)on1. The summed E-state index contributed by atoms with van der Waals surface area (Å²) in [4.78, 5) is 22.6. The summed E-state index contributed by atoms with van der Waals surface area (Å²) in [6.45, 7) is 0. The van der Waals surface area contributed by atoms with Gasteiger partial charge in [-0.05, 0) is 18.4 Å². The van der Waals surface area contributed by atoms with Crippen molar-refractivity contribution in [3.63, 3.8) is 0 Å². The highest BCUT2D eigenvalue weighted by Gasteiger charge is 2.29. The number of carbonyl (C=O) groups is 1. The third-order valence-electron chi connectivity index (χ3n) is 3.85. The molecule has 2 aromatic heterocycles. The Hall–Kier alpha value is -2.79. The fourth-order valence-corrected chi connectivity index (χ4v) is 4.03. The highest BCUT2D eigenvalue weighted by molar-refractivity contribution is 8.00. The summed E-state index contributed by atoms with van der Waals surface area (Å²) in [7, 11) is 0. The largest absolute Gasteiger partial charge is 0.360 e. The van der Waals surface area contributed by atoms with Crippen LogP contribution in [-0.2, 0) is 5.75 Å². The topological polar surface area (TPSA) is 124 Å². The Labute approximate surface area is 161 Å². The molecule has 0 unspecified atom stereocenters. The van der Waals surface area contributed by atoms with E-state index < -0.39 is 10.8 Å². The molecule has 1 saturated carbocycles. The normalized spacial score (nSPS) is 13.5. The van der Waals surface area contributed by atoms with E-state index in [1.807, 2.05) is 6.07 Å². The second-order valence-electron chi connectivity index (χ2n) is 5.93. The van der Waals surface area contributed by atoms with Crippen molar-refractivity contribution < 1.29 is 14.2 Å². The molecular weight excluding hydrogens is 390 g/mol. The smallest absolute Gasteiger partial charge is 0.279 e. The first-order chi connectivity index (χ1) is 13.1. The van der Waals surface area contributed by atoms with Crippen LogP contribution in [0.2, 0.25) is 0 Å². The van der Waals surface area contributed by atoms with Gasteiger partial charge in [-0.3, -0.25) is 20.2 Å². The van der Waals surface area contributed by atoms with Crippen LogP contribution in [0.1, 0.15) is 40.6 Å². The molecule has 0 saturated heterocycles. The summed E-state index contributed by atoms with van der Waals surface area (Å²) >= 11 is 2.62. The zero-order valence-corrected chi connectivity index (χ0v) is 15.5. The monoisotopic (exact) mass is 403 g/mol. The van der Waals surface area contributed by atoms with Crippen molar-refractivity contribution in [1.29, 1.82) is 0 Å². The van der Waals surface area contributed by atoms with E-state index in [9.17, 15) is 14.9 Å². The summed E-state index contributed by atoms with van der Waals surface area (Å²) in [5.41, 5.74) is 1.08. The number of non-ortho nitro benzene ring substituents is 1. The fraction of sp³-hybridized carbons (Fsp3) is 0.250. The Morgan fingerprint density at radius 2 is 2.22 bits per heavy atom. The minimum Gasteiger partial charge on any atom is -0.360 e. The third-order valence-corrected chi connectivity index (χ3v) is 5.89. The van der Waals surface area contributed by atoms with Crippen LogP contribution in [0, 0.1) is 10.1 Å². The van der Waals surface area contributed by atoms with Crippen molar-refractivity contribution in [2.45, 2.75) is 28.9 Å². The number of hydrogen-bond donors (Lipinski definition) is 1. The average molecular weight is 403 g/mol. The molecule has 2 heterocycles. The first-order valence-electron chi connectivity index (χ1n) is 8.06. The van der Waals surface area contributed by atoms with Gasteiger partial charge in [0.1, 0.15) is 5.76 Å². The summed E-state index contributed by atoms with van der Waals surface area (Å²) < 4.78 is 5.82. The quantitative estimate of drug-likeness (QED) is 0.273. The summed E-state index contributed by atoms with van der Waals surface area (Å²) in [6, 6.07) is 8.09. The number of aromatic nitrogens is 3. The molecule has 1 aromatic carbocycles. The molecule has 11 heteroatoms. The maximum atomic E-state index is 12.2. The van der Waals surface area contributed by atoms with E-state index in [2.05, 4.69) is 20.7 Å². The van der Waals surface area contributed by atoms with E-state index in [-0.39, 0.29) is 11.4 Å². The molecule has 0 radical (unpaired) electrons. The number of anilines is 1. The van der Waals surface area contributed by atoms with Crippen LogP contribution >= 0.6 is 23.1 Å². The number of benzene rings is 1. The van der Waals surface area contributed by atoms with Gasteiger partial charge in [-0.15, -0.1) is 10.2 Å². The minimum atomic E-state index is -0.425. The maximum absolute atomic E-state index is 12.2. The van der Waals surface area contributed by atoms with Crippen molar-refractivity contribution in [3.8, 4) is 0 Å². The molecule has 0 atom stereocenters. The molecule has 1 N–H and O–H groups in total. The van der Waals surface area contributed by atoms with Crippen LogP contribution in [0.3, 0.4) is 0 Å². The fourth-order valence-electron chi connectivity index (χ4n) is 2.34. The van der Waals surface area contributed by atoms with Gasteiger partial charge >= 0.3 is 0 Å². The van der Waals surface area contributed by atoms with Gasteiger partial charge in [0.25, 0.3) is 11.6 Å². The van der Waals surface area contributed by atoms with Gasteiger partial charge in [0.15, 0.2) is 10.0 Å². The Morgan fingerprint density at radius 1 is 1.37 bits per heavy atom. The number of hydrogen-bond acceptors (Lipinski definition) is 9. The van der Waals surface area contributed by atoms with Gasteiger partial charge in [-0.25, -0.2) is 0 Å². The highest BCUT2D eigenvalue weighted by Crippen LogP contribution is 2.40. The number of nitro benzene ring substituents is 1. The van der Waals surface area contributed by atoms with Gasteiger partial charge < -0.3 is 4.52 Å². The predicted molar refractivity (Wildman–Crippen MR) is 99.0 cm³/mol. The van der Waals surface area contributed by atoms with E-state index in [1.54, 1.807) is 12.1 Å². The van der Waals surface area contributed by atoms with Crippen molar-refractivity contribution in [2.24, 2.45) is 0 Å². The van der Waals surface area contributed by atoms with Crippen LogP contribution in [0.4, 0.5) is 10.8 Å². The van der Waals surface area contributed by atoms with E-state index in [1.165, 1.54) is 35.2 Å². The van der Waals surface area contributed by atoms with Crippen molar-refractivity contribution >= 4 is 39.8 Å². The number of nitrogens with zero attached hydrogens (tertiary/aromatic N) is 4. The molecule has 3 aromatic rings. The molecule has 0 aliphatic heterocycles. The summed E-state index contributed by atoms with van der Waals surface area (Å²) in [6.07, 6.45) is 2.13. The Kier molecular flexibility index (Phi) is 4.86. The van der Waals surface area contributed by atoms with Gasteiger partial charge in [-0.1, -0.05) is 40.4 Å². The molecule has 1 aliphatic rings. The lowest BCUT2D eigenvalue weighted by molar-refractivity contribution is -0.384. The predicted octanol–water partition coefficient (Wildman–Crippen LogP) is 3.86. The lowest BCUT2D eigenvalue weighted by atomic mass is 10.2. The van der Waals surface area contributed by atoms with Crippen LogP contribution in [0.5, 0.6) is 0 Å². The first-order valence-corrected chi connectivity index (χ1v) is 9.86. The Morgan fingerprint density at radius 3 is 3.00 bits per heavy atom. The Balaban J connectivity index is 1.34. The lowest BCUT2D eigenvalue weighted by Gasteiger charge is -1.98. The number of nitrogens with one attached hydrogen (secondary N) is 1. The molecule has 1 aliphatic carbocycles.